The third-order valence-corrected chi connectivity index (χ3v) is 4.22. The second kappa shape index (κ2) is 5.89. The van der Waals surface area contributed by atoms with Gasteiger partial charge < -0.3 is 10.6 Å². The molecule has 2 atom stereocenters. The van der Waals surface area contributed by atoms with Gasteiger partial charge in [0.05, 0.1) is 6.54 Å². The van der Waals surface area contributed by atoms with E-state index in [1.165, 1.54) is 18.6 Å². The Kier molecular flexibility index (Phi) is 3.98. The molecule has 0 aliphatic carbocycles. The van der Waals surface area contributed by atoms with Crippen LogP contribution in [0.1, 0.15) is 12.8 Å². The number of hydrogen-bond donors (Lipinski definition) is 2. The van der Waals surface area contributed by atoms with Gasteiger partial charge in [0.15, 0.2) is 0 Å². The number of carbonyl (C=O) groups excluding carboxylic acids is 1. The van der Waals surface area contributed by atoms with Gasteiger partial charge in [-0.3, -0.25) is 9.69 Å². The van der Waals surface area contributed by atoms with E-state index in [0.717, 1.165) is 26.1 Å². The molecule has 4 nitrogen and oxygen atoms in total. The Labute approximate surface area is 118 Å². The molecule has 2 fully saturated rings. The summed E-state index contributed by atoms with van der Waals surface area (Å²) in [6.45, 7) is 3.41. The fourth-order valence-electron chi connectivity index (χ4n) is 3.24. The van der Waals surface area contributed by atoms with Gasteiger partial charge in [-0.25, -0.2) is 4.39 Å². The molecule has 5 heteroatoms. The molecule has 2 unspecified atom stereocenters. The van der Waals surface area contributed by atoms with Crippen molar-refractivity contribution in [3.63, 3.8) is 0 Å². The van der Waals surface area contributed by atoms with Crippen LogP contribution in [0.5, 0.6) is 0 Å². The standard InChI is InChI=1S/C15H20FN3O/c16-12-2-1-3-13(8-12)18-15(20)10-19-7-5-14-11(9-19)4-6-17-14/h1-3,8,11,14,17H,4-7,9-10H2,(H,18,20). The highest BCUT2D eigenvalue weighted by Gasteiger charge is 2.32. The largest absolute Gasteiger partial charge is 0.325 e. The van der Waals surface area contributed by atoms with E-state index in [9.17, 15) is 9.18 Å². The molecule has 2 aliphatic heterocycles. The summed E-state index contributed by atoms with van der Waals surface area (Å²) in [6.07, 6.45) is 2.31. The fraction of sp³-hybridized carbons (Fsp3) is 0.533. The molecule has 20 heavy (non-hydrogen) atoms. The van der Waals surface area contributed by atoms with E-state index >= 15 is 0 Å². The molecular weight excluding hydrogens is 257 g/mol. The van der Waals surface area contributed by atoms with Crippen LogP contribution in [0.25, 0.3) is 0 Å². The average molecular weight is 277 g/mol. The van der Waals surface area contributed by atoms with Crippen molar-refractivity contribution in [1.82, 2.24) is 10.2 Å². The number of fused-ring (bicyclic) bond motifs is 1. The average Bonchev–Trinajstić information content (AvgIpc) is 2.86. The van der Waals surface area contributed by atoms with Gasteiger partial charge in [-0.05, 0) is 43.5 Å². The second-order valence-corrected chi connectivity index (χ2v) is 5.69. The SMILES string of the molecule is O=C(CN1CCC2NCCC2C1)Nc1cccc(F)c1. The first-order chi connectivity index (χ1) is 9.70. The molecule has 2 heterocycles. The van der Waals surface area contributed by atoms with Crippen molar-refractivity contribution in [2.45, 2.75) is 18.9 Å². The number of anilines is 1. The van der Waals surface area contributed by atoms with E-state index in [2.05, 4.69) is 15.5 Å². The van der Waals surface area contributed by atoms with Gasteiger partial charge in [-0.2, -0.15) is 0 Å². The van der Waals surface area contributed by atoms with Crippen molar-refractivity contribution >= 4 is 11.6 Å². The molecule has 2 N–H and O–H groups in total. The van der Waals surface area contributed by atoms with Crippen LogP contribution in [0.4, 0.5) is 10.1 Å². The van der Waals surface area contributed by atoms with Crippen LogP contribution < -0.4 is 10.6 Å². The first-order valence-electron chi connectivity index (χ1n) is 7.22. The normalized spacial score (nSPS) is 26.2. The van der Waals surface area contributed by atoms with E-state index in [4.69, 9.17) is 0 Å². The maximum Gasteiger partial charge on any atom is 0.238 e. The monoisotopic (exact) mass is 277 g/mol. The van der Waals surface area contributed by atoms with E-state index in [-0.39, 0.29) is 11.7 Å². The summed E-state index contributed by atoms with van der Waals surface area (Å²) in [5, 5.41) is 6.26. The highest BCUT2D eigenvalue weighted by molar-refractivity contribution is 5.92. The first kappa shape index (κ1) is 13.5. The maximum absolute atomic E-state index is 13.1. The lowest BCUT2D eigenvalue weighted by Crippen LogP contribution is -2.46. The van der Waals surface area contributed by atoms with Gasteiger partial charge >= 0.3 is 0 Å². The van der Waals surface area contributed by atoms with Gasteiger partial charge in [0, 0.05) is 24.8 Å². The van der Waals surface area contributed by atoms with Crippen LogP contribution in [-0.4, -0.2) is 43.0 Å². The Morgan fingerprint density at radius 1 is 1.45 bits per heavy atom. The molecular formula is C15H20FN3O. The lowest BCUT2D eigenvalue weighted by molar-refractivity contribution is -0.117. The number of rotatable bonds is 3. The van der Waals surface area contributed by atoms with E-state index in [0.29, 0.717) is 24.2 Å². The topological polar surface area (TPSA) is 44.4 Å². The second-order valence-electron chi connectivity index (χ2n) is 5.69. The number of nitrogens with zero attached hydrogens (tertiary/aromatic N) is 1. The van der Waals surface area contributed by atoms with Crippen LogP contribution in [0.2, 0.25) is 0 Å². The Hall–Kier alpha value is -1.46. The number of hydrogen-bond acceptors (Lipinski definition) is 3. The van der Waals surface area contributed by atoms with Crippen molar-refractivity contribution in [1.29, 1.82) is 0 Å². The Morgan fingerprint density at radius 3 is 3.20 bits per heavy atom. The molecule has 2 aliphatic rings. The van der Waals surface area contributed by atoms with Gasteiger partial charge in [0.2, 0.25) is 5.91 Å². The van der Waals surface area contributed by atoms with E-state index < -0.39 is 0 Å². The molecule has 0 saturated carbocycles. The summed E-state index contributed by atoms with van der Waals surface area (Å²) in [5.74, 6) is 0.270. The van der Waals surface area contributed by atoms with Crippen molar-refractivity contribution in [2.24, 2.45) is 5.92 Å². The fourth-order valence-corrected chi connectivity index (χ4v) is 3.24. The zero-order valence-electron chi connectivity index (χ0n) is 11.4. The molecule has 0 spiro atoms. The van der Waals surface area contributed by atoms with Crippen molar-refractivity contribution in [3.05, 3.63) is 30.1 Å². The summed E-state index contributed by atoms with van der Waals surface area (Å²) >= 11 is 0. The summed E-state index contributed by atoms with van der Waals surface area (Å²) in [4.78, 5) is 14.2. The van der Waals surface area contributed by atoms with Crippen molar-refractivity contribution < 1.29 is 9.18 Å². The number of carbonyl (C=O) groups is 1. The molecule has 1 aromatic rings. The molecule has 0 radical (unpaired) electrons. The third kappa shape index (κ3) is 3.16. The summed E-state index contributed by atoms with van der Waals surface area (Å²) in [7, 11) is 0. The number of piperidine rings is 1. The number of nitrogens with one attached hydrogen (secondary N) is 2. The number of halogens is 1. The lowest BCUT2D eigenvalue weighted by Gasteiger charge is -2.34. The van der Waals surface area contributed by atoms with Gasteiger partial charge in [0.1, 0.15) is 5.82 Å². The van der Waals surface area contributed by atoms with E-state index in [1.807, 2.05) is 0 Å². The Morgan fingerprint density at radius 2 is 2.35 bits per heavy atom. The zero-order chi connectivity index (χ0) is 13.9. The highest BCUT2D eigenvalue weighted by atomic mass is 19.1. The molecule has 1 amide bonds. The van der Waals surface area contributed by atoms with Crippen LogP contribution in [0.3, 0.4) is 0 Å². The third-order valence-electron chi connectivity index (χ3n) is 4.22. The first-order valence-corrected chi connectivity index (χ1v) is 7.22. The van der Waals surface area contributed by atoms with E-state index in [1.54, 1.807) is 12.1 Å². The lowest BCUT2D eigenvalue weighted by atomic mass is 9.93. The number of benzene rings is 1. The predicted octanol–water partition coefficient (Wildman–Crippen LogP) is 1.45. The Balaban J connectivity index is 1.51. The minimum atomic E-state index is -0.333. The molecule has 2 saturated heterocycles. The molecule has 0 bridgehead atoms. The van der Waals surface area contributed by atoms with Gasteiger partial charge in [0.25, 0.3) is 0 Å². The van der Waals surface area contributed by atoms with Gasteiger partial charge in [-0.15, -0.1) is 0 Å². The molecule has 1 aromatic carbocycles. The Bertz CT molecular complexity index is 494. The smallest absolute Gasteiger partial charge is 0.238 e. The highest BCUT2D eigenvalue weighted by Crippen LogP contribution is 2.24. The molecule has 3 rings (SSSR count). The predicted molar refractivity (Wildman–Crippen MR) is 76.0 cm³/mol. The van der Waals surface area contributed by atoms with Gasteiger partial charge in [-0.1, -0.05) is 6.07 Å². The van der Waals surface area contributed by atoms with Crippen LogP contribution in [0, 0.1) is 11.7 Å². The maximum atomic E-state index is 13.1. The zero-order valence-corrected chi connectivity index (χ0v) is 11.4. The summed E-state index contributed by atoms with van der Waals surface area (Å²) in [6, 6.07) is 6.64. The van der Waals surface area contributed by atoms with Crippen molar-refractivity contribution in [3.8, 4) is 0 Å². The van der Waals surface area contributed by atoms with Crippen molar-refractivity contribution in [2.75, 3.05) is 31.5 Å². The number of likely N-dealkylation sites (tertiary alicyclic amines) is 1. The van der Waals surface area contributed by atoms with Crippen LogP contribution >= 0.6 is 0 Å². The number of amides is 1. The summed E-state index contributed by atoms with van der Waals surface area (Å²) in [5.41, 5.74) is 0.521. The minimum Gasteiger partial charge on any atom is -0.325 e. The minimum absolute atomic E-state index is 0.0694. The molecule has 0 aromatic heterocycles. The van der Waals surface area contributed by atoms with Crippen LogP contribution in [-0.2, 0) is 4.79 Å². The summed E-state index contributed by atoms with van der Waals surface area (Å²) < 4.78 is 13.1. The quantitative estimate of drug-likeness (QED) is 0.879. The molecule has 108 valence electrons. The van der Waals surface area contributed by atoms with Crippen LogP contribution in [0.15, 0.2) is 24.3 Å².